The zero-order chi connectivity index (χ0) is 13.7. The molecule has 98 valence electrons. The van der Waals surface area contributed by atoms with Crippen LogP contribution in [0.15, 0.2) is 54.6 Å². The Morgan fingerprint density at radius 1 is 0.895 bits per heavy atom. The van der Waals surface area contributed by atoms with Gasteiger partial charge in [0.1, 0.15) is 11.5 Å². The van der Waals surface area contributed by atoms with Gasteiger partial charge in [0.15, 0.2) is 5.78 Å². The van der Waals surface area contributed by atoms with Gasteiger partial charge in [-0.2, -0.15) is 0 Å². The van der Waals surface area contributed by atoms with Crippen LogP contribution in [0.2, 0.25) is 0 Å². The first-order valence-electron chi connectivity index (χ1n) is 6.14. The minimum absolute atomic E-state index is 0.0418. The fraction of sp³-hybridized carbons (Fsp3) is 0.188. The van der Waals surface area contributed by atoms with Crippen LogP contribution in [-0.2, 0) is 0 Å². The highest BCUT2D eigenvalue weighted by molar-refractivity contribution is 5.94. The van der Waals surface area contributed by atoms with Crippen LogP contribution in [0.3, 0.4) is 0 Å². The summed E-state index contributed by atoms with van der Waals surface area (Å²) in [5.41, 5.74) is 0.670. The van der Waals surface area contributed by atoms with Crippen molar-refractivity contribution >= 4 is 5.78 Å². The Bertz CT molecular complexity index is 532. The number of ketones is 1. The number of benzene rings is 2. The zero-order valence-corrected chi connectivity index (χ0v) is 11.0. The van der Waals surface area contributed by atoms with E-state index in [1.807, 2.05) is 37.3 Å². The molecule has 0 bridgehead atoms. The third-order valence-electron chi connectivity index (χ3n) is 2.61. The standard InChI is InChI=1S/C16H16O3/c1-12(17)14-8-10-16(11-9-14)19-13(2)18-15-6-4-3-5-7-15/h3-11,13H,1-2H3. The van der Waals surface area contributed by atoms with Gasteiger partial charge in [-0.05, 0) is 43.3 Å². The second-order valence-corrected chi connectivity index (χ2v) is 4.20. The second kappa shape index (κ2) is 6.05. The molecule has 0 aliphatic rings. The monoisotopic (exact) mass is 256 g/mol. The summed E-state index contributed by atoms with van der Waals surface area (Å²) in [6.07, 6.45) is -0.398. The summed E-state index contributed by atoms with van der Waals surface area (Å²) in [6, 6.07) is 16.5. The molecule has 1 atom stereocenters. The number of hydrogen-bond acceptors (Lipinski definition) is 3. The van der Waals surface area contributed by atoms with Gasteiger partial charge in [-0.15, -0.1) is 0 Å². The van der Waals surface area contributed by atoms with E-state index < -0.39 is 6.29 Å². The summed E-state index contributed by atoms with van der Waals surface area (Å²) in [6.45, 7) is 3.36. The number of carbonyl (C=O) groups excluding carboxylic acids is 1. The molecule has 3 nitrogen and oxygen atoms in total. The lowest BCUT2D eigenvalue weighted by Gasteiger charge is -2.16. The van der Waals surface area contributed by atoms with E-state index in [0.29, 0.717) is 11.3 Å². The molecule has 0 saturated carbocycles. The Hall–Kier alpha value is -2.29. The van der Waals surface area contributed by atoms with Crippen molar-refractivity contribution in [3.63, 3.8) is 0 Å². The van der Waals surface area contributed by atoms with Crippen LogP contribution in [0.4, 0.5) is 0 Å². The Labute approximate surface area is 112 Å². The van der Waals surface area contributed by atoms with Gasteiger partial charge in [0.05, 0.1) is 0 Å². The predicted octanol–water partition coefficient (Wildman–Crippen LogP) is 3.69. The third-order valence-corrected chi connectivity index (χ3v) is 2.61. The first kappa shape index (κ1) is 13.1. The maximum atomic E-state index is 11.2. The molecule has 2 aromatic rings. The van der Waals surface area contributed by atoms with Crippen LogP contribution in [0.25, 0.3) is 0 Å². The molecule has 0 N–H and O–H groups in total. The van der Waals surface area contributed by atoms with Gasteiger partial charge in [0.2, 0.25) is 6.29 Å². The quantitative estimate of drug-likeness (QED) is 0.604. The van der Waals surface area contributed by atoms with E-state index in [4.69, 9.17) is 9.47 Å². The Morgan fingerprint density at radius 2 is 1.42 bits per heavy atom. The fourth-order valence-electron chi connectivity index (χ4n) is 1.67. The molecule has 19 heavy (non-hydrogen) atoms. The highest BCUT2D eigenvalue weighted by atomic mass is 16.7. The number of carbonyl (C=O) groups is 1. The molecule has 3 heteroatoms. The molecule has 2 aromatic carbocycles. The number of rotatable bonds is 5. The Balaban J connectivity index is 1.95. The van der Waals surface area contributed by atoms with Gasteiger partial charge in [0, 0.05) is 12.5 Å². The van der Waals surface area contributed by atoms with E-state index in [1.54, 1.807) is 24.3 Å². The molecular formula is C16H16O3. The summed E-state index contributed by atoms with van der Waals surface area (Å²) in [5, 5.41) is 0. The minimum atomic E-state index is -0.398. The second-order valence-electron chi connectivity index (χ2n) is 4.20. The van der Waals surface area contributed by atoms with Crippen LogP contribution in [0.1, 0.15) is 24.2 Å². The van der Waals surface area contributed by atoms with Crippen molar-refractivity contribution in [2.45, 2.75) is 20.1 Å². The molecule has 0 fully saturated rings. The first-order chi connectivity index (χ1) is 9.15. The summed E-state index contributed by atoms with van der Waals surface area (Å²) in [7, 11) is 0. The fourth-order valence-corrected chi connectivity index (χ4v) is 1.67. The van der Waals surface area contributed by atoms with Crippen molar-refractivity contribution in [1.29, 1.82) is 0 Å². The summed E-state index contributed by atoms with van der Waals surface area (Å²) >= 11 is 0. The lowest BCUT2D eigenvalue weighted by Crippen LogP contribution is -2.19. The largest absolute Gasteiger partial charge is 0.455 e. The molecule has 0 aromatic heterocycles. The van der Waals surface area contributed by atoms with Crippen LogP contribution >= 0.6 is 0 Å². The van der Waals surface area contributed by atoms with Gasteiger partial charge in [0.25, 0.3) is 0 Å². The van der Waals surface area contributed by atoms with Crippen LogP contribution in [-0.4, -0.2) is 12.1 Å². The average Bonchev–Trinajstić information content (AvgIpc) is 2.40. The number of hydrogen-bond donors (Lipinski definition) is 0. The molecule has 0 radical (unpaired) electrons. The highest BCUT2D eigenvalue weighted by Gasteiger charge is 2.06. The molecule has 0 spiro atoms. The SMILES string of the molecule is CC(=O)c1ccc(OC(C)Oc2ccccc2)cc1. The zero-order valence-electron chi connectivity index (χ0n) is 11.0. The first-order valence-corrected chi connectivity index (χ1v) is 6.14. The van der Waals surface area contributed by atoms with Crippen molar-refractivity contribution in [3.05, 3.63) is 60.2 Å². The van der Waals surface area contributed by atoms with E-state index in [0.717, 1.165) is 5.75 Å². The summed E-state index contributed by atoms with van der Waals surface area (Å²) in [4.78, 5) is 11.2. The van der Waals surface area contributed by atoms with Crippen LogP contribution in [0.5, 0.6) is 11.5 Å². The van der Waals surface area contributed by atoms with Crippen LogP contribution < -0.4 is 9.47 Å². The van der Waals surface area contributed by atoms with Gasteiger partial charge in [-0.1, -0.05) is 18.2 Å². The number of para-hydroxylation sites is 1. The van der Waals surface area contributed by atoms with Gasteiger partial charge in [-0.25, -0.2) is 0 Å². The lowest BCUT2D eigenvalue weighted by molar-refractivity contribution is 0.0223. The number of Topliss-reactive ketones (excluding diaryl/α,β-unsaturated/α-hetero) is 1. The molecule has 0 aliphatic carbocycles. The normalized spacial score (nSPS) is 11.7. The molecule has 0 heterocycles. The minimum Gasteiger partial charge on any atom is -0.455 e. The Morgan fingerprint density at radius 3 is 1.95 bits per heavy atom. The molecule has 0 aliphatic heterocycles. The lowest BCUT2D eigenvalue weighted by atomic mass is 10.1. The highest BCUT2D eigenvalue weighted by Crippen LogP contribution is 2.17. The van der Waals surface area contributed by atoms with Crippen molar-refractivity contribution in [2.75, 3.05) is 0 Å². The Kier molecular flexibility index (Phi) is 4.18. The molecule has 0 saturated heterocycles. The van der Waals surface area contributed by atoms with Gasteiger partial charge < -0.3 is 9.47 Å². The van der Waals surface area contributed by atoms with Crippen LogP contribution in [0, 0.1) is 0 Å². The van der Waals surface area contributed by atoms with Crippen molar-refractivity contribution in [2.24, 2.45) is 0 Å². The van der Waals surface area contributed by atoms with E-state index >= 15 is 0 Å². The van der Waals surface area contributed by atoms with Crippen molar-refractivity contribution < 1.29 is 14.3 Å². The van der Waals surface area contributed by atoms with E-state index in [-0.39, 0.29) is 5.78 Å². The van der Waals surface area contributed by atoms with E-state index in [1.165, 1.54) is 6.92 Å². The van der Waals surface area contributed by atoms with E-state index in [9.17, 15) is 4.79 Å². The van der Waals surface area contributed by atoms with Gasteiger partial charge in [-0.3, -0.25) is 4.79 Å². The van der Waals surface area contributed by atoms with Crippen molar-refractivity contribution in [1.82, 2.24) is 0 Å². The number of ether oxygens (including phenoxy) is 2. The topological polar surface area (TPSA) is 35.5 Å². The average molecular weight is 256 g/mol. The molecule has 0 amide bonds. The molecule has 1 unspecified atom stereocenters. The molecule has 2 rings (SSSR count). The predicted molar refractivity (Wildman–Crippen MR) is 73.6 cm³/mol. The molecular weight excluding hydrogens is 240 g/mol. The maximum Gasteiger partial charge on any atom is 0.238 e. The van der Waals surface area contributed by atoms with E-state index in [2.05, 4.69) is 0 Å². The van der Waals surface area contributed by atoms with Gasteiger partial charge >= 0.3 is 0 Å². The smallest absolute Gasteiger partial charge is 0.238 e. The summed E-state index contributed by atoms with van der Waals surface area (Å²) in [5.74, 6) is 1.48. The van der Waals surface area contributed by atoms with Crippen molar-refractivity contribution in [3.8, 4) is 11.5 Å². The third kappa shape index (κ3) is 3.85. The summed E-state index contributed by atoms with van der Waals surface area (Å²) < 4.78 is 11.2. The maximum absolute atomic E-state index is 11.2.